The molecular weight excluding hydrogens is 210 g/mol. The molecule has 1 aromatic carbocycles. The van der Waals surface area contributed by atoms with Crippen molar-refractivity contribution >= 4 is 15.5 Å². The lowest BCUT2D eigenvalue weighted by Crippen LogP contribution is -2.24. The summed E-state index contributed by atoms with van der Waals surface area (Å²) in [6.07, 6.45) is 1.26. The monoisotopic (exact) mass is 227 g/mol. The number of aryl methyl sites for hydroxylation is 1. The molecule has 0 aliphatic heterocycles. The molecule has 0 fully saturated rings. The molecule has 0 aromatic heterocycles. The minimum atomic E-state index is -2.88. The highest BCUT2D eigenvalue weighted by Crippen LogP contribution is 2.13. The first kappa shape index (κ1) is 12.0. The minimum Gasteiger partial charge on any atom is -0.374 e. The second-order valence-electron chi connectivity index (χ2n) is 3.89. The SMILES string of the molecule is Cc1cccc(N(C)CCS(C)(=O)=O)c1. The van der Waals surface area contributed by atoms with Gasteiger partial charge in [0.15, 0.2) is 0 Å². The molecule has 0 aliphatic rings. The Morgan fingerprint density at radius 2 is 2.00 bits per heavy atom. The zero-order valence-corrected chi connectivity index (χ0v) is 10.2. The van der Waals surface area contributed by atoms with Gasteiger partial charge in [0.2, 0.25) is 0 Å². The molecule has 0 N–H and O–H groups in total. The molecule has 15 heavy (non-hydrogen) atoms. The van der Waals surface area contributed by atoms with E-state index < -0.39 is 9.84 Å². The van der Waals surface area contributed by atoms with Gasteiger partial charge in [0.25, 0.3) is 0 Å². The van der Waals surface area contributed by atoms with Crippen molar-refractivity contribution in [3.63, 3.8) is 0 Å². The van der Waals surface area contributed by atoms with Crippen LogP contribution in [0, 0.1) is 6.92 Å². The largest absolute Gasteiger partial charge is 0.374 e. The Morgan fingerprint density at radius 3 is 2.53 bits per heavy atom. The van der Waals surface area contributed by atoms with Crippen molar-refractivity contribution in [2.45, 2.75) is 6.92 Å². The van der Waals surface area contributed by atoms with Crippen LogP contribution < -0.4 is 4.90 Å². The van der Waals surface area contributed by atoms with Crippen LogP contribution in [0.5, 0.6) is 0 Å². The topological polar surface area (TPSA) is 37.4 Å². The summed E-state index contributed by atoms with van der Waals surface area (Å²) in [7, 11) is -0.976. The quantitative estimate of drug-likeness (QED) is 0.782. The summed E-state index contributed by atoms with van der Waals surface area (Å²) in [5.41, 5.74) is 2.23. The van der Waals surface area contributed by atoms with Gasteiger partial charge in [-0.05, 0) is 24.6 Å². The smallest absolute Gasteiger partial charge is 0.149 e. The fourth-order valence-corrected chi connectivity index (χ4v) is 1.90. The highest BCUT2D eigenvalue weighted by atomic mass is 32.2. The van der Waals surface area contributed by atoms with Crippen LogP contribution in [0.1, 0.15) is 5.56 Å². The fraction of sp³-hybridized carbons (Fsp3) is 0.455. The van der Waals surface area contributed by atoms with Crippen LogP contribution in [0.4, 0.5) is 5.69 Å². The maximum atomic E-state index is 11.0. The molecule has 3 nitrogen and oxygen atoms in total. The lowest BCUT2D eigenvalue weighted by atomic mass is 10.2. The number of rotatable bonds is 4. The molecular formula is C11H17NO2S. The third-order valence-corrected chi connectivity index (χ3v) is 3.16. The summed E-state index contributed by atoms with van der Waals surface area (Å²) < 4.78 is 22.0. The Morgan fingerprint density at radius 1 is 1.33 bits per heavy atom. The normalized spacial score (nSPS) is 11.4. The van der Waals surface area contributed by atoms with Gasteiger partial charge in [-0.2, -0.15) is 0 Å². The van der Waals surface area contributed by atoms with Crippen LogP contribution in [0.25, 0.3) is 0 Å². The summed E-state index contributed by atoms with van der Waals surface area (Å²) >= 11 is 0. The van der Waals surface area contributed by atoms with E-state index in [0.717, 1.165) is 5.69 Å². The van der Waals surface area contributed by atoms with E-state index in [1.165, 1.54) is 11.8 Å². The van der Waals surface area contributed by atoms with Crippen molar-refractivity contribution in [1.29, 1.82) is 0 Å². The summed E-state index contributed by atoms with van der Waals surface area (Å²) in [6, 6.07) is 8.02. The molecule has 0 saturated carbocycles. The highest BCUT2D eigenvalue weighted by molar-refractivity contribution is 7.90. The maximum absolute atomic E-state index is 11.0. The van der Waals surface area contributed by atoms with E-state index in [0.29, 0.717) is 6.54 Å². The molecule has 0 heterocycles. The van der Waals surface area contributed by atoms with E-state index in [1.54, 1.807) is 0 Å². The van der Waals surface area contributed by atoms with Crippen LogP contribution >= 0.6 is 0 Å². The number of nitrogens with zero attached hydrogens (tertiary/aromatic N) is 1. The molecule has 0 atom stereocenters. The Bertz CT molecular complexity index is 426. The van der Waals surface area contributed by atoms with E-state index in [4.69, 9.17) is 0 Å². The zero-order valence-electron chi connectivity index (χ0n) is 9.40. The first-order valence-electron chi connectivity index (χ1n) is 4.84. The lowest BCUT2D eigenvalue weighted by molar-refractivity contribution is 0.601. The Kier molecular flexibility index (Phi) is 3.74. The van der Waals surface area contributed by atoms with Gasteiger partial charge >= 0.3 is 0 Å². The van der Waals surface area contributed by atoms with Gasteiger partial charge < -0.3 is 4.90 Å². The standard InChI is InChI=1S/C11H17NO2S/c1-10-5-4-6-11(9-10)12(2)7-8-15(3,13)14/h4-6,9H,7-8H2,1-3H3. The Labute approximate surface area is 91.6 Å². The van der Waals surface area contributed by atoms with Gasteiger partial charge in [0, 0.05) is 25.5 Å². The molecule has 0 aliphatic carbocycles. The number of anilines is 1. The molecule has 0 amide bonds. The average molecular weight is 227 g/mol. The van der Waals surface area contributed by atoms with Gasteiger partial charge in [-0.1, -0.05) is 12.1 Å². The van der Waals surface area contributed by atoms with Crippen LogP contribution in [-0.2, 0) is 9.84 Å². The third-order valence-electron chi connectivity index (χ3n) is 2.24. The van der Waals surface area contributed by atoms with Gasteiger partial charge in [-0.3, -0.25) is 0 Å². The van der Waals surface area contributed by atoms with Crippen molar-refractivity contribution in [1.82, 2.24) is 0 Å². The molecule has 1 rings (SSSR count). The molecule has 0 radical (unpaired) electrons. The number of sulfone groups is 1. The highest BCUT2D eigenvalue weighted by Gasteiger charge is 2.06. The van der Waals surface area contributed by atoms with Gasteiger partial charge in [-0.15, -0.1) is 0 Å². The van der Waals surface area contributed by atoms with Crippen LogP contribution in [0.3, 0.4) is 0 Å². The van der Waals surface area contributed by atoms with Gasteiger partial charge in [0.05, 0.1) is 5.75 Å². The van der Waals surface area contributed by atoms with E-state index in [2.05, 4.69) is 0 Å². The average Bonchev–Trinajstić information content (AvgIpc) is 2.13. The van der Waals surface area contributed by atoms with Crippen molar-refractivity contribution in [2.75, 3.05) is 30.5 Å². The molecule has 0 saturated heterocycles. The predicted molar refractivity (Wildman–Crippen MR) is 64.2 cm³/mol. The molecule has 0 unspecified atom stereocenters. The lowest BCUT2D eigenvalue weighted by Gasteiger charge is -2.19. The van der Waals surface area contributed by atoms with E-state index in [9.17, 15) is 8.42 Å². The first-order valence-corrected chi connectivity index (χ1v) is 6.90. The van der Waals surface area contributed by atoms with Gasteiger partial charge in [-0.25, -0.2) is 8.42 Å². The van der Waals surface area contributed by atoms with Crippen molar-refractivity contribution in [2.24, 2.45) is 0 Å². The maximum Gasteiger partial charge on any atom is 0.149 e. The van der Waals surface area contributed by atoms with E-state index in [1.807, 2.05) is 43.1 Å². The van der Waals surface area contributed by atoms with E-state index in [-0.39, 0.29) is 5.75 Å². The third kappa shape index (κ3) is 4.34. The summed E-state index contributed by atoms with van der Waals surface area (Å²) in [4.78, 5) is 1.95. The van der Waals surface area contributed by atoms with Crippen molar-refractivity contribution in [3.05, 3.63) is 29.8 Å². The summed E-state index contributed by atoms with van der Waals surface area (Å²) in [5.74, 6) is 0.192. The van der Waals surface area contributed by atoms with Crippen molar-refractivity contribution < 1.29 is 8.42 Å². The van der Waals surface area contributed by atoms with Crippen LogP contribution in [0.2, 0.25) is 0 Å². The summed E-state index contributed by atoms with van der Waals surface area (Å²) in [6.45, 7) is 2.55. The van der Waals surface area contributed by atoms with Gasteiger partial charge in [0.1, 0.15) is 9.84 Å². The number of hydrogen-bond donors (Lipinski definition) is 0. The zero-order chi connectivity index (χ0) is 11.5. The Hall–Kier alpha value is -1.03. The van der Waals surface area contributed by atoms with Crippen LogP contribution in [-0.4, -0.2) is 34.0 Å². The first-order chi connectivity index (χ1) is 6.88. The molecule has 0 spiro atoms. The van der Waals surface area contributed by atoms with Crippen molar-refractivity contribution in [3.8, 4) is 0 Å². The minimum absolute atomic E-state index is 0.192. The second-order valence-corrected chi connectivity index (χ2v) is 6.15. The predicted octanol–water partition coefficient (Wildman–Crippen LogP) is 1.48. The molecule has 0 bridgehead atoms. The second kappa shape index (κ2) is 4.66. The molecule has 84 valence electrons. The van der Waals surface area contributed by atoms with Crippen LogP contribution in [0.15, 0.2) is 24.3 Å². The van der Waals surface area contributed by atoms with E-state index >= 15 is 0 Å². The molecule has 1 aromatic rings. The fourth-order valence-electron chi connectivity index (χ4n) is 1.30. The number of hydrogen-bond acceptors (Lipinski definition) is 3. The molecule has 4 heteroatoms. The summed E-state index contributed by atoms with van der Waals surface area (Å²) in [5, 5.41) is 0. The number of benzene rings is 1. The Balaban J connectivity index is 2.65.